The van der Waals surface area contributed by atoms with Gasteiger partial charge in [0, 0.05) is 25.0 Å². The number of carbonyl (C=O) groups excluding carboxylic acids is 2. The minimum atomic E-state index is -1.31. The number of benzene rings is 1. The van der Waals surface area contributed by atoms with Crippen molar-refractivity contribution >= 4 is 40.8 Å². The summed E-state index contributed by atoms with van der Waals surface area (Å²) in [6.45, 7) is 0.162. The summed E-state index contributed by atoms with van der Waals surface area (Å²) in [6.07, 6.45) is 5.15. The van der Waals surface area contributed by atoms with Crippen LogP contribution < -0.4 is 10.6 Å². The SMILES string of the molecule is O=C(N[C@@]1(C(=O)NCc2cn3cccnc3n2)CO[C@@H](c2ccccc2)C1)c1cc(Cl)c(Cl)[nH]1. The van der Waals surface area contributed by atoms with Crippen LogP contribution in [0.15, 0.2) is 61.1 Å². The van der Waals surface area contributed by atoms with Gasteiger partial charge in [-0.1, -0.05) is 53.5 Å². The molecule has 1 aliphatic heterocycles. The molecule has 1 aliphatic rings. The molecule has 0 aliphatic carbocycles. The van der Waals surface area contributed by atoms with Crippen molar-refractivity contribution < 1.29 is 14.3 Å². The number of H-pyrrole nitrogens is 1. The topological polar surface area (TPSA) is 113 Å². The first-order valence-corrected chi connectivity index (χ1v) is 11.3. The summed E-state index contributed by atoms with van der Waals surface area (Å²) in [5.74, 6) is -0.366. The van der Waals surface area contributed by atoms with Gasteiger partial charge in [0.15, 0.2) is 0 Å². The van der Waals surface area contributed by atoms with Crippen molar-refractivity contribution in [1.29, 1.82) is 0 Å². The second-order valence-corrected chi connectivity index (χ2v) is 8.82. The fraction of sp³-hybridized carbons (Fsp3) is 0.217. The lowest BCUT2D eigenvalue weighted by atomic mass is 9.91. The average molecular weight is 499 g/mol. The van der Waals surface area contributed by atoms with Crippen molar-refractivity contribution in [2.75, 3.05) is 6.61 Å². The van der Waals surface area contributed by atoms with Crippen LogP contribution in [-0.2, 0) is 16.1 Å². The van der Waals surface area contributed by atoms with Crippen LogP contribution in [0.1, 0.15) is 34.3 Å². The molecule has 0 unspecified atom stereocenters. The van der Waals surface area contributed by atoms with Gasteiger partial charge in [-0.2, -0.15) is 0 Å². The first-order chi connectivity index (χ1) is 16.4. The van der Waals surface area contributed by atoms with Crippen LogP contribution in [0, 0.1) is 0 Å². The summed E-state index contributed by atoms with van der Waals surface area (Å²) in [6, 6.07) is 12.8. The number of hydrogen-bond acceptors (Lipinski definition) is 5. The highest BCUT2D eigenvalue weighted by Crippen LogP contribution is 2.36. The van der Waals surface area contributed by atoms with E-state index in [9.17, 15) is 9.59 Å². The molecule has 0 saturated carbocycles. The van der Waals surface area contributed by atoms with Gasteiger partial charge in [0.05, 0.1) is 30.0 Å². The monoisotopic (exact) mass is 498 g/mol. The number of amides is 2. The number of carbonyl (C=O) groups is 2. The van der Waals surface area contributed by atoms with Crippen LogP contribution >= 0.6 is 23.2 Å². The number of nitrogens with one attached hydrogen (secondary N) is 3. The molecule has 1 aromatic carbocycles. The maximum Gasteiger partial charge on any atom is 0.268 e. The maximum atomic E-state index is 13.5. The number of aromatic nitrogens is 4. The van der Waals surface area contributed by atoms with Gasteiger partial charge >= 0.3 is 0 Å². The molecule has 1 fully saturated rings. The zero-order chi connectivity index (χ0) is 23.7. The number of imidazole rings is 1. The van der Waals surface area contributed by atoms with Crippen molar-refractivity contribution in [2.45, 2.75) is 24.6 Å². The van der Waals surface area contributed by atoms with Gasteiger partial charge in [-0.05, 0) is 17.7 Å². The third-order valence-corrected chi connectivity index (χ3v) is 6.40. The molecule has 2 amide bonds. The van der Waals surface area contributed by atoms with Gasteiger partial charge < -0.3 is 20.4 Å². The van der Waals surface area contributed by atoms with Gasteiger partial charge in [-0.25, -0.2) is 9.97 Å². The summed E-state index contributed by atoms with van der Waals surface area (Å²) >= 11 is 11.9. The van der Waals surface area contributed by atoms with E-state index in [1.165, 1.54) is 6.07 Å². The molecule has 3 N–H and O–H groups in total. The highest BCUT2D eigenvalue weighted by molar-refractivity contribution is 6.41. The first-order valence-electron chi connectivity index (χ1n) is 10.5. The predicted octanol–water partition coefficient (Wildman–Crippen LogP) is 3.31. The molecule has 3 aromatic heterocycles. The van der Waals surface area contributed by atoms with Crippen LogP contribution in [0.25, 0.3) is 5.78 Å². The largest absolute Gasteiger partial charge is 0.370 e. The highest BCUT2D eigenvalue weighted by atomic mass is 35.5. The Morgan fingerprint density at radius 2 is 2.06 bits per heavy atom. The normalized spacial score (nSPS) is 19.9. The minimum absolute atomic E-state index is 0.000964. The molecule has 0 radical (unpaired) electrons. The summed E-state index contributed by atoms with van der Waals surface area (Å²) in [5, 5.41) is 6.10. The van der Waals surface area contributed by atoms with E-state index in [1.807, 2.05) is 36.5 Å². The smallest absolute Gasteiger partial charge is 0.268 e. The fourth-order valence-electron chi connectivity index (χ4n) is 3.98. The van der Waals surface area contributed by atoms with E-state index in [0.717, 1.165) is 5.56 Å². The first kappa shape index (κ1) is 22.4. The third kappa shape index (κ3) is 4.37. The van der Waals surface area contributed by atoms with Crippen molar-refractivity contribution in [3.63, 3.8) is 0 Å². The maximum absolute atomic E-state index is 13.5. The Labute approximate surface area is 204 Å². The highest BCUT2D eigenvalue weighted by Gasteiger charge is 2.48. The summed E-state index contributed by atoms with van der Waals surface area (Å²) < 4.78 is 7.74. The molecule has 0 spiro atoms. The van der Waals surface area contributed by atoms with E-state index in [-0.39, 0.29) is 47.5 Å². The van der Waals surface area contributed by atoms with E-state index in [2.05, 4.69) is 25.6 Å². The van der Waals surface area contributed by atoms with Crippen LogP contribution in [0.2, 0.25) is 10.2 Å². The quantitative estimate of drug-likeness (QED) is 0.377. The Morgan fingerprint density at radius 3 is 2.79 bits per heavy atom. The van der Waals surface area contributed by atoms with Crippen LogP contribution in [-0.4, -0.2) is 43.3 Å². The molecule has 11 heteroatoms. The van der Waals surface area contributed by atoms with Gasteiger partial charge in [-0.3, -0.25) is 14.0 Å². The number of aromatic amines is 1. The van der Waals surface area contributed by atoms with E-state index in [1.54, 1.807) is 22.9 Å². The number of hydrogen-bond donors (Lipinski definition) is 3. The predicted molar refractivity (Wildman–Crippen MR) is 126 cm³/mol. The van der Waals surface area contributed by atoms with E-state index >= 15 is 0 Å². The second kappa shape index (κ2) is 9.09. The Morgan fingerprint density at radius 1 is 1.24 bits per heavy atom. The lowest BCUT2D eigenvalue weighted by Gasteiger charge is -2.27. The molecule has 34 heavy (non-hydrogen) atoms. The number of ether oxygens (including phenoxy) is 1. The summed E-state index contributed by atoms with van der Waals surface area (Å²) in [7, 11) is 0. The molecular weight excluding hydrogens is 479 g/mol. The van der Waals surface area contributed by atoms with E-state index in [4.69, 9.17) is 27.9 Å². The molecule has 0 bridgehead atoms. The average Bonchev–Trinajstić information content (AvgIpc) is 3.55. The third-order valence-electron chi connectivity index (χ3n) is 5.71. The number of nitrogens with zero attached hydrogens (tertiary/aromatic N) is 3. The van der Waals surface area contributed by atoms with Crippen LogP contribution in [0.3, 0.4) is 0 Å². The molecule has 174 valence electrons. The number of halogens is 2. The van der Waals surface area contributed by atoms with Crippen molar-refractivity contribution in [3.8, 4) is 0 Å². The van der Waals surface area contributed by atoms with Crippen molar-refractivity contribution in [1.82, 2.24) is 30.0 Å². The van der Waals surface area contributed by atoms with E-state index in [0.29, 0.717) is 11.5 Å². The molecule has 1 saturated heterocycles. The second-order valence-electron chi connectivity index (χ2n) is 8.04. The zero-order valence-electron chi connectivity index (χ0n) is 17.8. The van der Waals surface area contributed by atoms with Crippen molar-refractivity contribution in [3.05, 3.63) is 88.2 Å². The molecule has 4 aromatic rings. The zero-order valence-corrected chi connectivity index (χ0v) is 19.3. The van der Waals surface area contributed by atoms with Gasteiger partial charge in [0.2, 0.25) is 11.7 Å². The van der Waals surface area contributed by atoms with E-state index < -0.39 is 11.4 Å². The van der Waals surface area contributed by atoms with Gasteiger partial charge in [-0.15, -0.1) is 0 Å². The summed E-state index contributed by atoms with van der Waals surface area (Å²) in [4.78, 5) is 37.7. The molecular formula is C23H20Cl2N6O3. The molecule has 5 rings (SSSR count). The lowest BCUT2D eigenvalue weighted by molar-refractivity contribution is -0.127. The van der Waals surface area contributed by atoms with Gasteiger partial charge in [0.1, 0.15) is 16.4 Å². The van der Waals surface area contributed by atoms with Crippen molar-refractivity contribution in [2.24, 2.45) is 0 Å². The summed E-state index contributed by atoms with van der Waals surface area (Å²) in [5.41, 5.74) is 0.398. The molecule has 9 nitrogen and oxygen atoms in total. The molecule has 2 atom stereocenters. The Hall–Kier alpha value is -3.40. The standard InChI is InChI=1S/C23H20Cl2N6O3/c24-16-9-17(29-19(16)25)20(32)30-23(10-18(34-13-23)14-5-2-1-3-6-14)21(33)27-11-15-12-31-8-4-7-26-22(31)28-15/h1-9,12,18,29H,10-11,13H2,(H,27,33)(H,30,32)/t18-,23-/m1/s1. The van der Waals surface area contributed by atoms with Gasteiger partial charge in [0.25, 0.3) is 5.91 Å². The number of rotatable bonds is 6. The molecule has 4 heterocycles. The van der Waals surface area contributed by atoms with Crippen LogP contribution in [0.5, 0.6) is 0 Å². The Balaban J connectivity index is 1.37. The minimum Gasteiger partial charge on any atom is -0.370 e. The number of fused-ring (bicyclic) bond motifs is 1. The Kier molecular flexibility index (Phi) is 5.99. The lowest BCUT2D eigenvalue weighted by Crippen LogP contribution is -2.59. The fourth-order valence-corrected chi connectivity index (χ4v) is 4.29. The Bertz CT molecular complexity index is 1300. The van der Waals surface area contributed by atoms with Crippen LogP contribution in [0.4, 0.5) is 0 Å².